The molecule has 1 aromatic carbocycles. The Bertz CT molecular complexity index is 422. The van der Waals surface area contributed by atoms with E-state index in [2.05, 4.69) is 10.1 Å². The Balaban J connectivity index is 2.43. The van der Waals surface area contributed by atoms with E-state index in [4.69, 9.17) is 5.11 Å². The number of aryl methyl sites for hydroxylation is 1. The fourth-order valence-corrected chi connectivity index (χ4v) is 1.26. The summed E-state index contributed by atoms with van der Waals surface area (Å²) in [6, 6.07) is 9.70. The fraction of sp³-hybridized carbons (Fsp3) is 0.200. The molecule has 2 aromatic rings. The number of aliphatic hydroxyl groups is 1. The molecule has 0 fully saturated rings. The van der Waals surface area contributed by atoms with Crippen LogP contribution in [-0.4, -0.2) is 19.9 Å². The van der Waals surface area contributed by atoms with Crippen molar-refractivity contribution in [3.05, 3.63) is 36.2 Å². The Hall–Kier alpha value is -1.68. The lowest BCUT2D eigenvalue weighted by Crippen LogP contribution is -1.97. The summed E-state index contributed by atoms with van der Waals surface area (Å²) in [6.45, 7) is -0.0870. The molecule has 72 valence electrons. The SMILES string of the molecule is Cn1nc(-c2ccccc2)nc1CO. The number of nitrogens with zero attached hydrogens (tertiary/aromatic N) is 3. The van der Waals surface area contributed by atoms with Gasteiger partial charge in [-0.3, -0.25) is 4.68 Å². The van der Waals surface area contributed by atoms with Gasteiger partial charge in [-0.2, -0.15) is 5.10 Å². The van der Waals surface area contributed by atoms with Gasteiger partial charge in [-0.1, -0.05) is 30.3 Å². The first kappa shape index (κ1) is 8.90. The average Bonchev–Trinajstić information content (AvgIpc) is 2.61. The first-order valence-electron chi connectivity index (χ1n) is 4.37. The van der Waals surface area contributed by atoms with Gasteiger partial charge in [-0.05, 0) is 0 Å². The summed E-state index contributed by atoms with van der Waals surface area (Å²) in [5, 5.41) is 13.2. The quantitative estimate of drug-likeness (QED) is 0.766. The normalized spacial score (nSPS) is 10.4. The maximum atomic E-state index is 8.96. The first-order chi connectivity index (χ1) is 6.81. The molecule has 0 atom stereocenters. The van der Waals surface area contributed by atoms with Gasteiger partial charge < -0.3 is 5.11 Å². The predicted octanol–water partition coefficient (Wildman–Crippen LogP) is 0.974. The summed E-state index contributed by atoms with van der Waals surface area (Å²) < 4.78 is 1.59. The van der Waals surface area contributed by atoms with Gasteiger partial charge in [0.2, 0.25) is 0 Å². The molecule has 0 aliphatic heterocycles. The van der Waals surface area contributed by atoms with E-state index in [-0.39, 0.29) is 6.61 Å². The molecule has 0 aliphatic carbocycles. The van der Waals surface area contributed by atoms with Crippen LogP contribution in [0.4, 0.5) is 0 Å². The Morgan fingerprint density at radius 2 is 2.00 bits per heavy atom. The highest BCUT2D eigenvalue weighted by Gasteiger charge is 2.06. The number of aromatic nitrogens is 3. The third-order valence-corrected chi connectivity index (χ3v) is 2.03. The van der Waals surface area contributed by atoms with E-state index in [0.717, 1.165) is 5.56 Å². The molecule has 14 heavy (non-hydrogen) atoms. The van der Waals surface area contributed by atoms with Crippen LogP contribution in [0.2, 0.25) is 0 Å². The summed E-state index contributed by atoms with van der Waals surface area (Å²) in [7, 11) is 1.77. The monoisotopic (exact) mass is 189 g/mol. The zero-order valence-electron chi connectivity index (χ0n) is 7.88. The number of aliphatic hydroxyl groups excluding tert-OH is 1. The highest BCUT2D eigenvalue weighted by atomic mass is 16.3. The molecule has 0 aliphatic rings. The number of rotatable bonds is 2. The summed E-state index contributed by atoms with van der Waals surface area (Å²) >= 11 is 0. The molecule has 0 saturated carbocycles. The maximum Gasteiger partial charge on any atom is 0.181 e. The molecule has 1 heterocycles. The van der Waals surface area contributed by atoms with Crippen LogP contribution in [0.15, 0.2) is 30.3 Å². The third kappa shape index (κ3) is 1.52. The van der Waals surface area contributed by atoms with Crippen molar-refractivity contribution in [2.75, 3.05) is 0 Å². The second-order valence-electron chi connectivity index (χ2n) is 3.00. The summed E-state index contributed by atoms with van der Waals surface area (Å²) in [5.41, 5.74) is 0.961. The molecule has 1 aromatic heterocycles. The zero-order valence-corrected chi connectivity index (χ0v) is 7.88. The van der Waals surface area contributed by atoms with E-state index in [9.17, 15) is 0 Å². The van der Waals surface area contributed by atoms with Crippen LogP contribution in [0.25, 0.3) is 11.4 Å². The van der Waals surface area contributed by atoms with E-state index in [1.165, 1.54) is 0 Å². The van der Waals surface area contributed by atoms with Crippen LogP contribution < -0.4 is 0 Å². The van der Waals surface area contributed by atoms with Gasteiger partial charge in [0.15, 0.2) is 11.6 Å². The molecule has 0 bridgehead atoms. The van der Waals surface area contributed by atoms with Gasteiger partial charge in [0.1, 0.15) is 6.61 Å². The lowest BCUT2D eigenvalue weighted by molar-refractivity contribution is 0.265. The lowest BCUT2D eigenvalue weighted by atomic mass is 10.2. The minimum absolute atomic E-state index is 0.0870. The third-order valence-electron chi connectivity index (χ3n) is 2.03. The van der Waals surface area contributed by atoms with Gasteiger partial charge in [0, 0.05) is 12.6 Å². The standard InChI is InChI=1S/C10H11N3O/c1-13-9(7-14)11-10(12-13)8-5-3-2-4-6-8/h2-6,14H,7H2,1H3. The van der Waals surface area contributed by atoms with Crippen LogP contribution >= 0.6 is 0 Å². The molecule has 0 saturated heterocycles. The van der Waals surface area contributed by atoms with Gasteiger partial charge in [-0.15, -0.1) is 0 Å². The van der Waals surface area contributed by atoms with Crippen LogP contribution in [0.1, 0.15) is 5.82 Å². The van der Waals surface area contributed by atoms with Crippen molar-refractivity contribution in [2.24, 2.45) is 7.05 Å². The predicted molar refractivity (Wildman–Crippen MR) is 52.4 cm³/mol. The first-order valence-corrected chi connectivity index (χ1v) is 4.37. The number of hydrogen-bond acceptors (Lipinski definition) is 3. The molecule has 0 amide bonds. The molecule has 0 radical (unpaired) electrons. The molecule has 4 heteroatoms. The molecule has 4 nitrogen and oxygen atoms in total. The summed E-state index contributed by atoms with van der Waals surface area (Å²) in [4.78, 5) is 4.20. The van der Waals surface area contributed by atoms with E-state index >= 15 is 0 Å². The highest BCUT2D eigenvalue weighted by molar-refractivity contribution is 5.53. The molecule has 2 rings (SSSR count). The average molecular weight is 189 g/mol. The Kier molecular flexibility index (Phi) is 2.28. The van der Waals surface area contributed by atoms with Crippen LogP contribution in [0.3, 0.4) is 0 Å². The Morgan fingerprint density at radius 1 is 1.29 bits per heavy atom. The van der Waals surface area contributed by atoms with Crippen molar-refractivity contribution < 1.29 is 5.11 Å². The minimum atomic E-state index is -0.0870. The molecular weight excluding hydrogens is 178 g/mol. The summed E-state index contributed by atoms with van der Waals surface area (Å²) in [5.74, 6) is 1.22. The van der Waals surface area contributed by atoms with Crippen molar-refractivity contribution in [1.82, 2.24) is 14.8 Å². The van der Waals surface area contributed by atoms with E-state index in [0.29, 0.717) is 11.6 Å². The highest BCUT2D eigenvalue weighted by Crippen LogP contribution is 2.14. The van der Waals surface area contributed by atoms with Crippen LogP contribution in [0.5, 0.6) is 0 Å². The zero-order chi connectivity index (χ0) is 9.97. The van der Waals surface area contributed by atoms with Crippen molar-refractivity contribution in [2.45, 2.75) is 6.61 Å². The Morgan fingerprint density at radius 3 is 2.57 bits per heavy atom. The van der Waals surface area contributed by atoms with Gasteiger partial charge in [-0.25, -0.2) is 4.98 Å². The van der Waals surface area contributed by atoms with E-state index < -0.39 is 0 Å². The smallest absolute Gasteiger partial charge is 0.181 e. The van der Waals surface area contributed by atoms with Gasteiger partial charge >= 0.3 is 0 Å². The minimum Gasteiger partial charge on any atom is -0.388 e. The van der Waals surface area contributed by atoms with Crippen LogP contribution in [-0.2, 0) is 13.7 Å². The lowest BCUT2D eigenvalue weighted by Gasteiger charge is -1.91. The number of benzene rings is 1. The largest absolute Gasteiger partial charge is 0.388 e. The maximum absolute atomic E-state index is 8.96. The van der Waals surface area contributed by atoms with E-state index in [1.54, 1.807) is 11.7 Å². The number of hydrogen-bond donors (Lipinski definition) is 1. The second-order valence-corrected chi connectivity index (χ2v) is 3.00. The van der Waals surface area contributed by atoms with Gasteiger partial charge in [0.25, 0.3) is 0 Å². The fourth-order valence-electron chi connectivity index (χ4n) is 1.26. The van der Waals surface area contributed by atoms with Crippen molar-refractivity contribution in [1.29, 1.82) is 0 Å². The Labute approximate surface area is 81.8 Å². The topological polar surface area (TPSA) is 50.9 Å². The molecular formula is C10H11N3O. The van der Waals surface area contributed by atoms with Crippen molar-refractivity contribution in [3.63, 3.8) is 0 Å². The summed E-state index contributed by atoms with van der Waals surface area (Å²) in [6.07, 6.45) is 0. The van der Waals surface area contributed by atoms with Crippen molar-refractivity contribution >= 4 is 0 Å². The van der Waals surface area contributed by atoms with Crippen molar-refractivity contribution in [3.8, 4) is 11.4 Å². The molecule has 1 N–H and O–H groups in total. The molecule has 0 spiro atoms. The second kappa shape index (κ2) is 3.59. The molecule has 0 unspecified atom stereocenters. The van der Waals surface area contributed by atoms with Gasteiger partial charge in [0.05, 0.1) is 0 Å². The van der Waals surface area contributed by atoms with E-state index in [1.807, 2.05) is 30.3 Å². The van der Waals surface area contributed by atoms with Crippen LogP contribution in [0, 0.1) is 0 Å².